The number of carbonyl (C=O) groups excluding carboxylic acids is 1. The third kappa shape index (κ3) is 2.86. The molecule has 0 radical (unpaired) electrons. The Balaban J connectivity index is 2.48. The van der Waals surface area contributed by atoms with E-state index < -0.39 is 34.6 Å². The number of hydrogen-bond donors (Lipinski definition) is 1. The molecule has 1 amide bonds. The Morgan fingerprint density at radius 2 is 1.81 bits per heavy atom. The lowest BCUT2D eigenvalue weighted by molar-refractivity contribution is 0.0691. The Morgan fingerprint density at radius 1 is 1.19 bits per heavy atom. The Hall–Kier alpha value is -2.83. The van der Waals surface area contributed by atoms with Crippen LogP contribution in [0.1, 0.15) is 20.7 Å². The zero-order chi connectivity index (χ0) is 15.6. The van der Waals surface area contributed by atoms with E-state index in [1.807, 2.05) is 0 Å². The van der Waals surface area contributed by atoms with E-state index in [1.165, 1.54) is 19.4 Å². The topological polar surface area (TPSA) is 70.5 Å². The molecule has 1 N–H and O–H groups in total. The van der Waals surface area contributed by atoms with E-state index in [-0.39, 0.29) is 0 Å². The first-order chi connectivity index (χ1) is 9.91. The lowest BCUT2D eigenvalue weighted by Gasteiger charge is -2.18. The first-order valence-corrected chi connectivity index (χ1v) is 5.82. The number of anilines is 1. The fourth-order valence-corrected chi connectivity index (χ4v) is 1.75. The third-order valence-electron chi connectivity index (χ3n) is 2.86. The van der Waals surface area contributed by atoms with Gasteiger partial charge < -0.3 is 10.0 Å². The normalized spacial score (nSPS) is 10.2. The van der Waals surface area contributed by atoms with Gasteiger partial charge in [0.1, 0.15) is 0 Å². The second-order valence-electron chi connectivity index (χ2n) is 4.19. The predicted molar refractivity (Wildman–Crippen MR) is 70.3 cm³/mol. The highest BCUT2D eigenvalue weighted by atomic mass is 19.2. The van der Waals surface area contributed by atoms with Crippen molar-refractivity contribution in [1.29, 1.82) is 0 Å². The number of aromatic nitrogens is 1. The second kappa shape index (κ2) is 5.66. The van der Waals surface area contributed by atoms with Gasteiger partial charge in [0.2, 0.25) is 0 Å². The number of hydrogen-bond acceptors (Lipinski definition) is 3. The van der Waals surface area contributed by atoms with Crippen LogP contribution in [0, 0.1) is 11.6 Å². The van der Waals surface area contributed by atoms with Crippen LogP contribution < -0.4 is 4.90 Å². The lowest BCUT2D eigenvalue weighted by atomic mass is 10.1. The summed E-state index contributed by atoms with van der Waals surface area (Å²) in [4.78, 5) is 28.3. The van der Waals surface area contributed by atoms with Gasteiger partial charge in [0.15, 0.2) is 11.6 Å². The van der Waals surface area contributed by atoms with Crippen LogP contribution in [-0.2, 0) is 0 Å². The number of aromatic carboxylic acids is 1. The molecule has 0 aliphatic carbocycles. The molecule has 108 valence electrons. The van der Waals surface area contributed by atoms with Gasteiger partial charge in [0.05, 0.1) is 23.0 Å². The highest BCUT2D eigenvalue weighted by Gasteiger charge is 2.23. The van der Waals surface area contributed by atoms with Crippen molar-refractivity contribution in [3.05, 3.63) is 59.4 Å². The molecule has 21 heavy (non-hydrogen) atoms. The van der Waals surface area contributed by atoms with Crippen LogP contribution in [0.3, 0.4) is 0 Å². The zero-order valence-corrected chi connectivity index (χ0v) is 10.9. The molecule has 0 atom stereocenters. The van der Waals surface area contributed by atoms with Crippen molar-refractivity contribution in [2.75, 3.05) is 11.9 Å². The quantitative estimate of drug-likeness (QED) is 0.942. The maximum Gasteiger partial charge on any atom is 0.336 e. The zero-order valence-electron chi connectivity index (χ0n) is 10.9. The van der Waals surface area contributed by atoms with Gasteiger partial charge in [0, 0.05) is 13.2 Å². The number of nitrogens with zero attached hydrogens (tertiary/aromatic N) is 2. The summed E-state index contributed by atoms with van der Waals surface area (Å²) in [6, 6.07) is 4.23. The molecule has 0 spiro atoms. The minimum absolute atomic E-state index is 0.392. The molecule has 2 rings (SSSR count). The molecule has 0 unspecified atom stereocenters. The van der Waals surface area contributed by atoms with Crippen LogP contribution in [0.15, 0.2) is 36.7 Å². The summed E-state index contributed by atoms with van der Waals surface area (Å²) in [5, 5.41) is 9.01. The summed E-state index contributed by atoms with van der Waals surface area (Å²) in [6.45, 7) is 0. The highest BCUT2D eigenvalue weighted by molar-refractivity contribution is 6.11. The minimum Gasteiger partial charge on any atom is -0.478 e. The molecule has 2 aromatic rings. The van der Waals surface area contributed by atoms with Crippen molar-refractivity contribution in [3.63, 3.8) is 0 Å². The first kappa shape index (κ1) is 14.6. The van der Waals surface area contributed by atoms with Gasteiger partial charge in [-0.05, 0) is 24.3 Å². The molecule has 0 aliphatic rings. The van der Waals surface area contributed by atoms with Crippen LogP contribution in [-0.4, -0.2) is 29.0 Å². The number of carboxylic acids is 1. The van der Waals surface area contributed by atoms with E-state index >= 15 is 0 Å². The molecular formula is C14H10F2N2O3. The molecule has 0 fully saturated rings. The molecule has 0 aliphatic heterocycles. The average Bonchev–Trinajstić information content (AvgIpc) is 2.48. The van der Waals surface area contributed by atoms with Gasteiger partial charge in [-0.2, -0.15) is 0 Å². The van der Waals surface area contributed by atoms with Gasteiger partial charge in [0.25, 0.3) is 5.91 Å². The van der Waals surface area contributed by atoms with Crippen LogP contribution in [0.4, 0.5) is 14.5 Å². The maximum atomic E-state index is 13.3. The van der Waals surface area contributed by atoms with Gasteiger partial charge in [-0.1, -0.05) is 0 Å². The van der Waals surface area contributed by atoms with Crippen LogP contribution in [0.5, 0.6) is 0 Å². The summed E-state index contributed by atoms with van der Waals surface area (Å²) in [5.41, 5.74) is -0.647. The Bertz CT molecular complexity index is 705. The predicted octanol–water partition coefficient (Wildman–Crippen LogP) is 2.33. The van der Waals surface area contributed by atoms with Crippen LogP contribution >= 0.6 is 0 Å². The van der Waals surface area contributed by atoms with Crippen molar-refractivity contribution >= 4 is 17.6 Å². The van der Waals surface area contributed by atoms with Crippen molar-refractivity contribution in [2.24, 2.45) is 0 Å². The fourth-order valence-electron chi connectivity index (χ4n) is 1.75. The van der Waals surface area contributed by atoms with Crippen molar-refractivity contribution in [3.8, 4) is 0 Å². The summed E-state index contributed by atoms with van der Waals surface area (Å²) < 4.78 is 26.4. The minimum atomic E-state index is -1.52. The lowest BCUT2D eigenvalue weighted by Crippen LogP contribution is -2.28. The second-order valence-corrected chi connectivity index (χ2v) is 4.19. The average molecular weight is 292 g/mol. The number of pyridine rings is 1. The summed E-state index contributed by atoms with van der Waals surface area (Å²) in [6.07, 6.45) is 2.89. The molecular weight excluding hydrogens is 282 g/mol. The molecule has 0 bridgehead atoms. The van der Waals surface area contributed by atoms with Crippen LogP contribution in [0.2, 0.25) is 0 Å². The number of benzene rings is 1. The largest absolute Gasteiger partial charge is 0.478 e. The highest BCUT2D eigenvalue weighted by Crippen LogP contribution is 2.20. The molecule has 7 heteroatoms. The van der Waals surface area contributed by atoms with Gasteiger partial charge in [-0.25, -0.2) is 13.6 Å². The van der Waals surface area contributed by atoms with E-state index in [2.05, 4.69) is 4.98 Å². The smallest absolute Gasteiger partial charge is 0.336 e. The summed E-state index contributed by atoms with van der Waals surface area (Å²) in [7, 11) is 1.38. The SMILES string of the molecule is CN(C(=O)c1cc(F)c(F)cc1C(=O)O)c1cccnc1. The summed E-state index contributed by atoms with van der Waals surface area (Å²) in [5.74, 6) is -4.91. The van der Waals surface area contributed by atoms with E-state index in [4.69, 9.17) is 5.11 Å². The molecule has 0 saturated heterocycles. The fraction of sp³-hybridized carbons (Fsp3) is 0.0714. The van der Waals surface area contributed by atoms with E-state index in [0.29, 0.717) is 17.8 Å². The standard InChI is InChI=1S/C14H10F2N2O3/c1-18(8-3-2-4-17-7-8)13(19)9-5-11(15)12(16)6-10(9)14(20)21/h2-7H,1H3,(H,20,21). The molecule has 5 nitrogen and oxygen atoms in total. The Morgan fingerprint density at radius 3 is 2.33 bits per heavy atom. The van der Waals surface area contributed by atoms with E-state index in [9.17, 15) is 18.4 Å². The first-order valence-electron chi connectivity index (χ1n) is 5.82. The number of rotatable bonds is 3. The van der Waals surface area contributed by atoms with Crippen molar-refractivity contribution in [1.82, 2.24) is 4.98 Å². The monoisotopic (exact) mass is 292 g/mol. The molecule has 1 heterocycles. The molecule has 1 aromatic heterocycles. The van der Waals surface area contributed by atoms with Gasteiger partial charge in [-0.15, -0.1) is 0 Å². The molecule has 1 aromatic carbocycles. The van der Waals surface area contributed by atoms with Crippen molar-refractivity contribution in [2.45, 2.75) is 0 Å². The number of carbonyl (C=O) groups is 2. The molecule has 0 saturated carbocycles. The van der Waals surface area contributed by atoms with Gasteiger partial charge in [-0.3, -0.25) is 9.78 Å². The third-order valence-corrected chi connectivity index (χ3v) is 2.86. The van der Waals surface area contributed by atoms with E-state index in [0.717, 1.165) is 4.90 Å². The van der Waals surface area contributed by atoms with Crippen molar-refractivity contribution < 1.29 is 23.5 Å². The number of halogens is 2. The maximum absolute atomic E-state index is 13.3. The van der Waals surface area contributed by atoms with Gasteiger partial charge >= 0.3 is 5.97 Å². The Labute approximate surface area is 118 Å². The van der Waals surface area contributed by atoms with Crippen LogP contribution in [0.25, 0.3) is 0 Å². The summed E-state index contributed by atoms with van der Waals surface area (Å²) >= 11 is 0. The van der Waals surface area contributed by atoms with E-state index in [1.54, 1.807) is 12.1 Å². The Kier molecular flexibility index (Phi) is 3.93. The number of amides is 1. The number of carboxylic acid groups (broad SMARTS) is 1.